The molecule has 0 aliphatic carbocycles. The molecule has 8 rings (SSSR count). The molecule has 8 aromatic carbocycles. The van der Waals surface area contributed by atoms with E-state index < -0.39 is 0 Å². The second kappa shape index (κ2) is 9.73. The quantitative estimate of drug-likeness (QED) is 0.181. The number of halogens is 1. The molecule has 0 nitrogen and oxygen atoms in total. The van der Waals surface area contributed by atoms with E-state index in [0.29, 0.717) is 0 Å². The van der Waals surface area contributed by atoms with Crippen LogP contribution in [0.3, 0.4) is 0 Å². The minimum Gasteiger partial charge on any atom is -0.0622 e. The van der Waals surface area contributed by atoms with Crippen molar-refractivity contribution in [2.45, 2.75) is 0 Å². The fourth-order valence-corrected chi connectivity index (χ4v) is 7.24. The molecule has 0 fully saturated rings. The second-order valence-electron chi connectivity index (χ2n) is 10.6. The van der Waals surface area contributed by atoms with Crippen LogP contribution in [0.15, 0.2) is 156 Å². The van der Waals surface area contributed by atoms with Gasteiger partial charge >= 0.3 is 0 Å². The molecule has 8 aromatic rings. The van der Waals surface area contributed by atoms with E-state index in [1.54, 1.807) is 0 Å². The topological polar surface area (TPSA) is 0 Å². The van der Waals surface area contributed by atoms with Crippen LogP contribution in [-0.2, 0) is 0 Å². The van der Waals surface area contributed by atoms with Gasteiger partial charge in [0.25, 0.3) is 0 Å². The molecule has 192 valence electrons. The standard InChI is InChI=1S/C40H25Br/c41-40-35-20-10-8-18-33(35)39(34-19-9-11-21-36(34)40)28-24-22-27(23-25-28)38-31-16-6-4-14-29(31)37(26-12-2-1-3-13-26)30-15-5-7-17-32(30)38/h1-25H. The molecule has 0 amide bonds. The first-order chi connectivity index (χ1) is 20.3. The maximum atomic E-state index is 3.90. The molecule has 0 atom stereocenters. The van der Waals surface area contributed by atoms with E-state index in [4.69, 9.17) is 0 Å². The molecule has 0 unspecified atom stereocenters. The van der Waals surface area contributed by atoms with Crippen LogP contribution in [0, 0.1) is 0 Å². The van der Waals surface area contributed by atoms with Gasteiger partial charge in [0.1, 0.15) is 0 Å². The lowest BCUT2D eigenvalue weighted by Crippen LogP contribution is -1.91. The summed E-state index contributed by atoms with van der Waals surface area (Å²) >= 11 is 3.90. The minimum absolute atomic E-state index is 1.15. The Morgan fingerprint density at radius 2 is 0.488 bits per heavy atom. The van der Waals surface area contributed by atoms with Gasteiger partial charge in [-0.3, -0.25) is 0 Å². The van der Waals surface area contributed by atoms with Gasteiger partial charge in [-0.2, -0.15) is 0 Å². The number of fused-ring (bicyclic) bond motifs is 4. The monoisotopic (exact) mass is 584 g/mol. The highest BCUT2D eigenvalue weighted by molar-refractivity contribution is 9.10. The van der Waals surface area contributed by atoms with Crippen LogP contribution in [-0.4, -0.2) is 0 Å². The average Bonchev–Trinajstić information content (AvgIpc) is 3.04. The Bertz CT molecular complexity index is 2130. The molecule has 0 radical (unpaired) electrons. The van der Waals surface area contributed by atoms with E-state index in [9.17, 15) is 0 Å². The average molecular weight is 586 g/mol. The van der Waals surface area contributed by atoms with Crippen LogP contribution in [0.1, 0.15) is 0 Å². The van der Waals surface area contributed by atoms with Gasteiger partial charge in [-0.05, 0) is 92.4 Å². The highest BCUT2D eigenvalue weighted by atomic mass is 79.9. The molecule has 0 spiro atoms. The largest absolute Gasteiger partial charge is 0.0622 e. The number of hydrogen-bond acceptors (Lipinski definition) is 0. The Kier molecular flexibility index (Phi) is 5.72. The zero-order valence-corrected chi connectivity index (χ0v) is 23.9. The lowest BCUT2D eigenvalue weighted by molar-refractivity contribution is 1.64. The molecule has 0 heterocycles. The Morgan fingerprint density at radius 1 is 0.244 bits per heavy atom. The van der Waals surface area contributed by atoms with Gasteiger partial charge in [0.15, 0.2) is 0 Å². The van der Waals surface area contributed by atoms with Gasteiger partial charge in [0.2, 0.25) is 0 Å². The number of rotatable bonds is 3. The van der Waals surface area contributed by atoms with Crippen molar-refractivity contribution in [2.24, 2.45) is 0 Å². The summed E-state index contributed by atoms with van der Waals surface area (Å²) in [6, 6.07) is 55.0. The summed E-state index contributed by atoms with van der Waals surface area (Å²) < 4.78 is 1.15. The van der Waals surface area contributed by atoms with E-state index in [1.807, 2.05) is 0 Å². The van der Waals surface area contributed by atoms with Crippen molar-refractivity contribution in [3.8, 4) is 33.4 Å². The molecular weight excluding hydrogens is 560 g/mol. The molecule has 0 aliphatic rings. The molecule has 41 heavy (non-hydrogen) atoms. The first-order valence-corrected chi connectivity index (χ1v) is 14.8. The van der Waals surface area contributed by atoms with Gasteiger partial charge in [-0.1, -0.05) is 152 Å². The summed E-state index contributed by atoms with van der Waals surface area (Å²) in [6.07, 6.45) is 0. The molecule has 1 heteroatoms. The van der Waals surface area contributed by atoms with Crippen molar-refractivity contribution in [2.75, 3.05) is 0 Å². The first kappa shape index (κ1) is 24.1. The predicted octanol–water partition coefficient (Wildman–Crippen LogP) is 12.1. The van der Waals surface area contributed by atoms with E-state index in [0.717, 1.165) is 4.47 Å². The SMILES string of the molecule is Brc1c2ccccc2c(-c2ccc(-c3c4ccccc4c(-c4ccccc4)c4ccccc34)cc2)c2ccccc12. The van der Waals surface area contributed by atoms with Crippen LogP contribution in [0.4, 0.5) is 0 Å². The maximum absolute atomic E-state index is 3.90. The highest BCUT2D eigenvalue weighted by Crippen LogP contribution is 2.45. The van der Waals surface area contributed by atoms with E-state index >= 15 is 0 Å². The first-order valence-electron chi connectivity index (χ1n) is 14.0. The van der Waals surface area contributed by atoms with Crippen molar-refractivity contribution in [3.63, 3.8) is 0 Å². The summed E-state index contributed by atoms with van der Waals surface area (Å²) in [5, 5.41) is 10.1. The summed E-state index contributed by atoms with van der Waals surface area (Å²) in [7, 11) is 0. The van der Waals surface area contributed by atoms with Crippen molar-refractivity contribution in [3.05, 3.63) is 156 Å². The predicted molar refractivity (Wildman–Crippen MR) is 180 cm³/mol. The summed E-state index contributed by atoms with van der Waals surface area (Å²) in [4.78, 5) is 0. The highest BCUT2D eigenvalue weighted by Gasteiger charge is 2.17. The van der Waals surface area contributed by atoms with Gasteiger partial charge in [-0.25, -0.2) is 0 Å². The van der Waals surface area contributed by atoms with Gasteiger partial charge in [-0.15, -0.1) is 0 Å². The van der Waals surface area contributed by atoms with Crippen molar-refractivity contribution in [1.29, 1.82) is 0 Å². The zero-order valence-electron chi connectivity index (χ0n) is 22.3. The number of hydrogen-bond donors (Lipinski definition) is 0. The number of benzene rings is 8. The minimum atomic E-state index is 1.15. The summed E-state index contributed by atoms with van der Waals surface area (Å²) in [5.74, 6) is 0. The third-order valence-corrected chi connectivity index (χ3v) is 9.18. The van der Waals surface area contributed by atoms with Gasteiger partial charge in [0, 0.05) is 4.47 Å². The lowest BCUT2D eigenvalue weighted by atomic mass is 9.85. The van der Waals surface area contributed by atoms with Crippen LogP contribution < -0.4 is 0 Å². The summed E-state index contributed by atoms with van der Waals surface area (Å²) in [6.45, 7) is 0. The van der Waals surface area contributed by atoms with Crippen LogP contribution in [0.2, 0.25) is 0 Å². The fraction of sp³-hybridized carbons (Fsp3) is 0. The third-order valence-electron chi connectivity index (χ3n) is 8.32. The molecular formula is C40H25Br. The summed E-state index contributed by atoms with van der Waals surface area (Å²) in [5.41, 5.74) is 7.56. The molecule has 0 saturated carbocycles. The van der Waals surface area contributed by atoms with E-state index in [-0.39, 0.29) is 0 Å². The molecule has 0 bridgehead atoms. The normalized spacial score (nSPS) is 11.5. The van der Waals surface area contributed by atoms with Crippen molar-refractivity contribution < 1.29 is 0 Å². The van der Waals surface area contributed by atoms with E-state index in [1.165, 1.54) is 76.5 Å². The van der Waals surface area contributed by atoms with Crippen LogP contribution in [0.5, 0.6) is 0 Å². The van der Waals surface area contributed by atoms with Gasteiger partial charge < -0.3 is 0 Å². The Hall–Kier alpha value is -4.72. The Morgan fingerprint density at radius 3 is 0.829 bits per heavy atom. The second-order valence-corrected chi connectivity index (χ2v) is 11.4. The maximum Gasteiger partial charge on any atom is 0.0332 e. The Labute approximate surface area is 247 Å². The molecule has 0 N–H and O–H groups in total. The van der Waals surface area contributed by atoms with Crippen LogP contribution in [0.25, 0.3) is 76.5 Å². The lowest BCUT2D eigenvalue weighted by Gasteiger charge is -2.18. The zero-order chi connectivity index (χ0) is 27.3. The smallest absolute Gasteiger partial charge is 0.0332 e. The fourth-order valence-electron chi connectivity index (χ4n) is 6.55. The van der Waals surface area contributed by atoms with Crippen molar-refractivity contribution >= 4 is 59.0 Å². The van der Waals surface area contributed by atoms with Crippen LogP contribution >= 0.6 is 15.9 Å². The molecule has 0 aromatic heterocycles. The van der Waals surface area contributed by atoms with E-state index in [2.05, 4.69) is 168 Å². The molecule has 0 aliphatic heterocycles. The third kappa shape index (κ3) is 3.81. The Balaban J connectivity index is 1.39. The van der Waals surface area contributed by atoms with Gasteiger partial charge in [0.05, 0.1) is 0 Å². The van der Waals surface area contributed by atoms with Crippen molar-refractivity contribution in [1.82, 2.24) is 0 Å². The molecule has 0 saturated heterocycles.